The molecule has 0 fully saturated rings. The van der Waals surface area contributed by atoms with E-state index in [9.17, 15) is 4.79 Å². The van der Waals surface area contributed by atoms with Crippen molar-refractivity contribution in [1.82, 2.24) is 4.90 Å². The predicted molar refractivity (Wildman–Crippen MR) is 82.4 cm³/mol. The fraction of sp³-hybridized carbons (Fsp3) is 0.312. The molecule has 0 unspecified atom stereocenters. The van der Waals surface area contributed by atoms with Gasteiger partial charge >= 0.3 is 0 Å². The Morgan fingerprint density at radius 1 is 1.20 bits per heavy atom. The third-order valence-corrected chi connectivity index (χ3v) is 3.40. The summed E-state index contributed by atoms with van der Waals surface area (Å²) in [5.41, 5.74) is 0. The summed E-state index contributed by atoms with van der Waals surface area (Å²) in [6, 6.07) is 14.2. The smallest absolute Gasteiger partial charge is 0.237 e. The highest BCUT2D eigenvalue weighted by Gasteiger charge is 2.05. The van der Waals surface area contributed by atoms with E-state index in [1.807, 2.05) is 30.3 Å². The third kappa shape index (κ3) is 3.87. The Balaban J connectivity index is 1.82. The number of nitrogens with zero attached hydrogens (tertiary/aromatic N) is 1. The average molecular weight is 292 g/mol. The highest BCUT2D eigenvalue weighted by Crippen LogP contribution is 2.20. The number of hydrogen-bond donors (Lipinski definition) is 0. The van der Waals surface area contributed by atoms with E-state index in [1.54, 1.807) is 11.9 Å². The Kier molecular flexibility index (Phi) is 5.24. The van der Waals surface area contributed by atoms with Crippen LogP contribution in [0, 0.1) is 0 Å². The van der Waals surface area contributed by atoms with Crippen molar-refractivity contribution in [2.24, 2.45) is 0 Å². The monoisotopic (exact) mass is 291 g/mol. The third-order valence-electron chi connectivity index (χ3n) is 3.17. The number of halogens is 1. The summed E-state index contributed by atoms with van der Waals surface area (Å²) in [6.45, 7) is 1.23. The quantitative estimate of drug-likeness (QED) is 0.604. The minimum Gasteiger partial charge on any atom is -0.494 e. The second kappa shape index (κ2) is 7.15. The Morgan fingerprint density at radius 3 is 2.70 bits per heavy atom. The lowest BCUT2D eigenvalue weighted by Gasteiger charge is -2.15. The Labute approximate surface area is 124 Å². The van der Waals surface area contributed by atoms with Crippen molar-refractivity contribution in [3.05, 3.63) is 42.5 Å². The molecule has 0 aromatic heterocycles. The van der Waals surface area contributed by atoms with Crippen LogP contribution in [0.2, 0.25) is 0 Å². The van der Waals surface area contributed by atoms with Crippen LogP contribution in [0.15, 0.2) is 42.5 Å². The van der Waals surface area contributed by atoms with E-state index in [2.05, 4.69) is 12.1 Å². The van der Waals surface area contributed by atoms with Crippen molar-refractivity contribution >= 4 is 28.3 Å². The SMILES string of the molecule is CN(CCCOc1ccc2ccccc2c1)C(=O)CCl. The first-order valence-corrected chi connectivity index (χ1v) is 7.15. The van der Waals surface area contributed by atoms with Gasteiger partial charge in [-0.2, -0.15) is 0 Å². The van der Waals surface area contributed by atoms with E-state index >= 15 is 0 Å². The van der Waals surface area contributed by atoms with Crippen molar-refractivity contribution < 1.29 is 9.53 Å². The number of hydrogen-bond acceptors (Lipinski definition) is 2. The molecule has 0 atom stereocenters. The number of carbonyl (C=O) groups excluding carboxylic acids is 1. The molecule has 4 heteroatoms. The summed E-state index contributed by atoms with van der Waals surface area (Å²) in [4.78, 5) is 12.9. The molecule has 0 saturated carbocycles. The number of fused-ring (bicyclic) bond motifs is 1. The van der Waals surface area contributed by atoms with Crippen molar-refractivity contribution in [3.63, 3.8) is 0 Å². The summed E-state index contributed by atoms with van der Waals surface area (Å²) in [5, 5.41) is 2.37. The molecule has 0 aliphatic rings. The summed E-state index contributed by atoms with van der Waals surface area (Å²) in [5.74, 6) is 0.828. The highest BCUT2D eigenvalue weighted by atomic mass is 35.5. The minimum absolute atomic E-state index is 0.0298. The molecule has 0 saturated heterocycles. The zero-order chi connectivity index (χ0) is 14.4. The van der Waals surface area contributed by atoms with Gasteiger partial charge in [0.1, 0.15) is 11.6 Å². The summed E-state index contributed by atoms with van der Waals surface area (Å²) < 4.78 is 5.71. The first-order chi connectivity index (χ1) is 9.70. The number of benzene rings is 2. The molecule has 0 spiro atoms. The Hall–Kier alpha value is -1.74. The molecule has 3 nitrogen and oxygen atoms in total. The van der Waals surface area contributed by atoms with Crippen molar-refractivity contribution in [3.8, 4) is 5.75 Å². The lowest BCUT2D eigenvalue weighted by Crippen LogP contribution is -2.29. The van der Waals surface area contributed by atoms with Gasteiger partial charge in [-0.05, 0) is 29.3 Å². The van der Waals surface area contributed by atoms with E-state index in [0.717, 1.165) is 12.2 Å². The lowest BCUT2D eigenvalue weighted by molar-refractivity contribution is -0.127. The standard InChI is InChI=1S/C16H18ClNO2/c1-18(16(19)12-17)9-4-10-20-15-8-7-13-5-2-3-6-14(13)11-15/h2-3,5-8,11H,4,9-10,12H2,1H3. The fourth-order valence-electron chi connectivity index (χ4n) is 1.98. The molecule has 1 amide bonds. The lowest BCUT2D eigenvalue weighted by atomic mass is 10.1. The molecule has 0 heterocycles. The number of alkyl halides is 1. The average Bonchev–Trinajstić information content (AvgIpc) is 2.50. The van der Waals surface area contributed by atoms with Gasteiger partial charge in [0.25, 0.3) is 0 Å². The van der Waals surface area contributed by atoms with Crippen LogP contribution in [0.25, 0.3) is 10.8 Å². The topological polar surface area (TPSA) is 29.5 Å². The molecule has 20 heavy (non-hydrogen) atoms. The van der Waals surface area contributed by atoms with Gasteiger partial charge in [0, 0.05) is 13.6 Å². The summed E-state index contributed by atoms with van der Waals surface area (Å²) in [7, 11) is 1.75. The van der Waals surface area contributed by atoms with Gasteiger partial charge in [0.05, 0.1) is 6.61 Å². The number of ether oxygens (including phenoxy) is 1. The van der Waals surface area contributed by atoms with Gasteiger partial charge in [-0.15, -0.1) is 11.6 Å². The fourth-order valence-corrected chi connectivity index (χ4v) is 2.18. The van der Waals surface area contributed by atoms with Crippen LogP contribution in [-0.4, -0.2) is 36.9 Å². The first kappa shape index (κ1) is 14.7. The van der Waals surface area contributed by atoms with E-state index in [4.69, 9.17) is 16.3 Å². The number of carbonyl (C=O) groups is 1. The van der Waals surface area contributed by atoms with Crippen LogP contribution in [0.1, 0.15) is 6.42 Å². The zero-order valence-electron chi connectivity index (χ0n) is 11.5. The minimum atomic E-state index is -0.0580. The van der Waals surface area contributed by atoms with Crippen LogP contribution in [0.5, 0.6) is 5.75 Å². The Morgan fingerprint density at radius 2 is 1.95 bits per heavy atom. The van der Waals surface area contributed by atoms with Crippen molar-refractivity contribution in [2.75, 3.05) is 26.1 Å². The van der Waals surface area contributed by atoms with E-state index in [0.29, 0.717) is 13.2 Å². The van der Waals surface area contributed by atoms with Crippen LogP contribution < -0.4 is 4.74 Å². The van der Waals surface area contributed by atoms with Gasteiger partial charge < -0.3 is 9.64 Å². The van der Waals surface area contributed by atoms with Crippen molar-refractivity contribution in [1.29, 1.82) is 0 Å². The van der Waals surface area contributed by atoms with Gasteiger partial charge in [-0.3, -0.25) is 4.79 Å². The van der Waals surface area contributed by atoms with Crippen LogP contribution in [-0.2, 0) is 4.79 Å². The highest BCUT2D eigenvalue weighted by molar-refractivity contribution is 6.27. The molecule has 106 valence electrons. The van der Waals surface area contributed by atoms with Crippen LogP contribution in [0.4, 0.5) is 0 Å². The molecule has 0 N–H and O–H groups in total. The summed E-state index contributed by atoms with van der Waals surface area (Å²) in [6.07, 6.45) is 0.784. The van der Waals surface area contributed by atoms with E-state index in [-0.39, 0.29) is 11.8 Å². The maximum atomic E-state index is 11.3. The molecular weight excluding hydrogens is 274 g/mol. The van der Waals surface area contributed by atoms with Gasteiger partial charge in [-0.1, -0.05) is 30.3 Å². The second-order valence-electron chi connectivity index (χ2n) is 4.66. The number of rotatable bonds is 6. The zero-order valence-corrected chi connectivity index (χ0v) is 12.3. The molecule has 2 aromatic carbocycles. The van der Waals surface area contributed by atoms with Gasteiger partial charge in [-0.25, -0.2) is 0 Å². The number of amides is 1. The molecule has 2 rings (SSSR count). The molecule has 0 bridgehead atoms. The summed E-state index contributed by atoms with van der Waals surface area (Å²) >= 11 is 5.49. The molecular formula is C16H18ClNO2. The van der Waals surface area contributed by atoms with E-state index < -0.39 is 0 Å². The van der Waals surface area contributed by atoms with Crippen LogP contribution >= 0.6 is 11.6 Å². The molecule has 0 radical (unpaired) electrons. The normalized spacial score (nSPS) is 10.5. The van der Waals surface area contributed by atoms with Gasteiger partial charge in [0.15, 0.2) is 0 Å². The molecule has 0 aliphatic heterocycles. The largest absolute Gasteiger partial charge is 0.494 e. The predicted octanol–water partition coefficient (Wildman–Crippen LogP) is 3.31. The molecule has 2 aromatic rings. The maximum Gasteiger partial charge on any atom is 0.237 e. The van der Waals surface area contributed by atoms with Gasteiger partial charge in [0.2, 0.25) is 5.91 Å². The second-order valence-corrected chi connectivity index (χ2v) is 4.93. The van der Waals surface area contributed by atoms with Crippen molar-refractivity contribution in [2.45, 2.75) is 6.42 Å². The van der Waals surface area contributed by atoms with E-state index in [1.165, 1.54) is 10.8 Å². The van der Waals surface area contributed by atoms with Crippen LogP contribution in [0.3, 0.4) is 0 Å². The Bertz CT molecular complexity index is 585. The molecule has 0 aliphatic carbocycles. The maximum absolute atomic E-state index is 11.3. The first-order valence-electron chi connectivity index (χ1n) is 6.62.